The van der Waals surface area contributed by atoms with E-state index < -0.39 is 16.1 Å². The van der Waals surface area contributed by atoms with E-state index in [1.807, 2.05) is 6.92 Å². The number of nitrogens with one attached hydrogen (secondary N) is 1. The minimum absolute atomic E-state index is 0.0918. The van der Waals surface area contributed by atoms with Crippen molar-refractivity contribution in [3.05, 3.63) is 29.8 Å². The van der Waals surface area contributed by atoms with Gasteiger partial charge in [0.05, 0.1) is 11.8 Å². The molecule has 0 aliphatic rings. The summed E-state index contributed by atoms with van der Waals surface area (Å²) in [4.78, 5) is 0. The van der Waals surface area contributed by atoms with E-state index in [2.05, 4.69) is 10.6 Å². The smallest absolute Gasteiger partial charge is 0.216 e. The SMILES string of the molecule is C#CC(CC)NS(=O)(=O)Cc1ccc(N)cc1. The van der Waals surface area contributed by atoms with E-state index >= 15 is 0 Å². The highest BCUT2D eigenvalue weighted by Crippen LogP contribution is 2.09. The van der Waals surface area contributed by atoms with Gasteiger partial charge in [-0.15, -0.1) is 6.42 Å². The van der Waals surface area contributed by atoms with E-state index in [0.29, 0.717) is 17.7 Å². The third-order valence-corrected chi connectivity index (χ3v) is 3.62. The minimum atomic E-state index is -3.40. The van der Waals surface area contributed by atoms with Crippen LogP contribution in [0, 0.1) is 12.3 Å². The zero-order valence-electron chi connectivity index (χ0n) is 9.68. The highest BCUT2D eigenvalue weighted by Gasteiger charge is 2.15. The largest absolute Gasteiger partial charge is 0.399 e. The fraction of sp³-hybridized carbons (Fsp3) is 0.333. The van der Waals surface area contributed by atoms with E-state index in [-0.39, 0.29) is 5.75 Å². The first-order chi connectivity index (χ1) is 7.96. The van der Waals surface area contributed by atoms with Crippen molar-refractivity contribution in [2.45, 2.75) is 25.1 Å². The normalized spacial score (nSPS) is 12.9. The van der Waals surface area contributed by atoms with Gasteiger partial charge in [-0.25, -0.2) is 13.1 Å². The number of benzene rings is 1. The van der Waals surface area contributed by atoms with Gasteiger partial charge in [0.1, 0.15) is 0 Å². The van der Waals surface area contributed by atoms with E-state index in [4.69, 9.17) is 12.2 Å². The third-order valence-electron chi connectivity index (χ3n) is 2.27. The van der Waals surface area contributed by atoms with Gasteiger partial charge in [0, 0.05) is 5.69 Å². The maximum atomic E-state index is 11.8. The van der Waals surface area contributed by atoms with E-state index in [1.165, 1.54) is 0 Å². The van der Waals surface area contributed by atoms with Crippen molar-refractivity contribution in [3.8, 4) is 12.3 Å². The molecule has 0 heterocycles. The monoisotopic (exact) mass is 252 g/mol. The van der Waals surface area contributed by atoms with Crippen LogP contribution < -0.4 is 10.5 Å². The summed E-state index contributed by atoms with van der Waals surface area (Å²) in [5, 5.41) is 0. The lowest BCUT2D eigenvalue weighted by molar-refractivity contribution is 0.569. The molecule has 1 atom stereocenters. The van der Waals surface area contributed by atoms with Crippen LogP contribution in [0.1, 0.15) is 18.9 Å². The fourth-order valence-corrected chi connectivity index (χ4v) is 2.71. The number of nitrogens with two attached hydrogens (primary N) is 1. The van der Waals surface area contributed by atoms with Crippen LogP contribution in [0.3, 0.4) is 0 Å². The lowest BCUT2D eigenvalue weighted by atomic mass is 10.2. The predicted molar refractivity (Wildman–Crippen MR) is 69.5 cm³/mol. The lowest BCUT2D eigenvalue weighted by Gasteiger charge is -2.11. The van der Waals surface area contributed by atoms with Gasteiger partial charge in [-0.2, -0.15) is 0 Å². The van der Waals surface area contributed by atoms with Crippen molar-refractivity contribution in [1.82, 2.24) is 4.72 Å². The van der Waals surface area contributed by atoms with Crippen LogP contribution in [0.4, 0.5) is 5.69 Å². The van der Waals surface area contributed by atoms with Crippen molar-refractivity contribution in [1.29, 1.82) is 0 Å². The van der Waals surface area contributed by atoms with Gasteiger partial charge in [-0.3, -0.25) is 0 Å². The average molecular weight is 252 g/mol. The highest BCUT2D eigenvalue weighted by molar-refractivity contribution is 7.88. The molecule has 0 saturated heterocycles. The van der Waals surface area contributed by atoms with Crippen molar-refractivity contribution >= 4 is 15.7 Å². The summed E-state index contributed by atoms with van der Waals surface area (Å²) in [6, 6.07) is 6.26. The molecule has 0 radical (unpaired) electrons. The zero-order valence-corrected chi connectivity index (χ0v) is 10.5. The summed E-state index contributed by atoms with van der Waals surface area (Å²) < 4.78 is 26.0. The van der Waals surface area contributed by atoms with Crippen molar-refractivity contribution in [3.63, 3.8) is 0 Å². The van der Waals surface area contributed by atoms with E-state index in [1.54, 1.807) is 24.3 Å². The molecule has 3 N–H and O–H groups in total. The Kier molecular flexibility index (Phi) is 4.55. The second kappa shape index (κ2) is 5.71. The van der Waals surface area contributed by atoms with Gasteiger partial charge >= 0.3 is 0 Å². The standard InChI is InChI=1S/C12H16N2O2S/c1-3-12(4-2)14-17(15,16)9-10-5-7-11(13)8-6-10/h1,5-8,12,14H,4,9,13H2,2H3. The molecule has 1 unspecified atom stereocenters. The zero-order chi connectivity index (χ0) is 12.9. The Labute approximate surface area is 102 Å². The Morgan fingerprint density at radius 2 is 2.00 bits per heavy atom. The maximum absolute atomic E-state index is 11.8. The second-order valence-electron chi connectivity index (χ2n) is 3.75. The number of sulfonamides is 1. The fourth-order valence-electron chi connectivity index (χ4n) is 1.33. The van der Waals surface area contributed by atoms with Crippen LogP contribution in [0.5, 0.6) is 0 Å². The Hall–Kier alpha value is -1.51. The molecule has 0 spiro atoms. The molecular formula is C12H16N2O2S. The Morgan fingerprint density at radius 3 is 2.47 bits per heavy atom. The number of anilines is 1. The molecule has 0 aromatic heterocycles. The summed E-state index contributed by atoms with van der Waals surface area (Å²) in [5.41, 5.74) is 6.81. The first kappa shape index (κ1) is 13.6. The number of terminal acetylenes is 1. The molecule has 0 aliphatic heterocycles. The molecule has 0 fully saturated rings. The average Bonchev–Trinajstić information content (AvgIpc) is 2.29. The molecule has 1 rings (SSSR count). The summed E-state index contributed by atoms with van der Waals surface area (Å²) in [5.74, 6) is 2.30. The Morgan fingerprint density at radius 1 is 1.41 bits per heavy atom. The molecule has 1 aromatic carbocycles. The van der Waals surface area contributed by atoms with Crippen LogP contribution in [0.2, 0.25) is 0 Å². The first-order valence-electron chi connectivity index (χ1n) is 5.27. The summed E-state index contributed by atoms with van der Waals surface area (Å²) >= 11 is 0. The molecule has 17 heavy (non-hydrogen) atoms. The van der Waals surface area contributed by atoms with Gasteiger partial charge in [0.25, 0.3) is 0 Å². The first-order valence-corrected chi connectivity index (χ1v) is 6.92. The molecule has 92 valence electrons. The second-order valence-corrected chi connectivity index (χ2v) is 5.50. The van der Waals surface area contributed by atoms with E-state index in [9.17, 15) is 8.42 Å². The molecular weight excluding hydrogens is 236 g/mol. The Balaban J connectivity index is 2.73. The summed E-state index contributed by atoms with van der Waals surface area (Å²) in [6.07, 6.45) is 5.78. The third kappa shape index (κ3) is 4.47. The van der Waals surface area contributed by atoms with Gasteiger partial charge in [0.15, 0.2) is 0 Å². The van der Waals surface area contributed by atoms with Crippen LogP contribution in [0.25, 0.3) is 0 Å². The van der Waals surface area contributed by atoms with Crippen LogP contribution in [0.15, 0.2) is 24.3 Å². The number of hydrogen-bond acceptors (Lipinski definition) is 3. The number of hydrogen-bond donors (Lipinski definition) is 2. The van der Waals surface area contributed by atoms with Gasteiger partial charge in [-0.05, 0) is 24.1 Å². The number of rotatable bonds is 5. The van der Waals surface area contributed by atoms with Gasteiger partial charge in [-0.1, -0.05) is 25.0 Å². The summed E-state index contributed by atoms with van der Waals surface area (Å²) in [6.45, 7) is 1.83. The molecule has 1 aromatic rings. The van der Waals surface area contributed by atoms with Crippen molar-refractivity contribution in [2.75, 3.05) is 5.73 Å². The predicted octanol–water partition coefficient (Wildman–Crippen LogP) is 1.10. The minimum Gasteiger partial charge on any atom is -0.399 e. The molecule has 0 bridgehead atoms. The Bertz CT molecular complexity index is 500. The van der Waals surface area contributed by atoms with Gasteiger partial charge in [0.2, 0.25) is 10.0 Å². The molecule has 0 saturated carbocycles. The molecule has 0 amide bonds. The van der Waals surface area contributed by atoms with Gasteiger partial charge < -0.3 is 5.73 Å². The molecule has 4 nitrogen and oxygen atoms in total. The van der Waals surface area contributed by atoms with Crippen LogP contribution in [-0.4, -0.2) is 14.5 Å². The van der Waals surface area contributed by atoms with Crippen LogP contribution in [-0.2, 0) is 15.8 Å². The molecule has 0 aliphatic carbocycles. The lowest BCUT2D eigenvalue weighted by Crippen LogP contribution is -2.34. The summed E-state index contributed by atoms with van der Waals surface area (Å²) in [7, 11) is -3.40. The van der Waals surface area contributed by atoms with Crippen molar-refractivity contribution in [2.24, 2.45) is 0 Å². The quantitative estimate of drug-likeness (QED) is 0.609. The highest BCUT2D eigenvalue weighted by atomic mass is 32.2. The van der Waals surface area contributed by atoms with Crippen molar-refractivity contribution < 1.29 is 8.42 Å². The topological polar surface area (TPSA) is 72.2 Å². The maximum Gasteiger partial charge on any atom is 0.216 e. The van der Waals surface area contributed by atoms with E-state index in [0.717, 1.165) is 0 Å². The van der Waals surface area contributed by atoms with Crippen LogP contribution >= 0.6 is 0 Å². The number of nitrogen functional groups attached to an aromatic ring is 1. The molecule has 5 heteroatoms.